The van der Waals surface area contributed by atoms with Crippen LogP contribution in [0, 0.1) is 0 Å². The second-order valence-electron chi connectivity index (χ2n) is 3.16. The summed E-state index contributed by atoms with van der Waals surface area (Å²) in [5, 5.41) is 9.02. The summed E-state index contributed by atoms with van der Waals surface area (Å²) in [4.78, 5) is 2.20. The molecule has 0 aromatic carbocycles. The van der Waals surface area contributed by atoms with E-state index in [1.807, 2.05) is 6.92 Å². The van der Waals surface area contributed by atoms with Gasteiger partial charge in [0, 0.05) is 19.1 Å². The van der Waals surface area contributed by atoms with E-state index in [0.717, 1.165) is 26.1 Å². The van der Waals surface area contributed by atoms with E-state index >= 15 is 0 Å². The smallest absolute Gasteiger partial charge is 0.0639 e. The van der Waals surface area contributed by atoms with Crippen molar-refractivity contribution in [3.63, 3.8) is 0 Å². The zero-order chi connectivity index (χ0) is 7.56. The molecule has 3 nitrogen and oxygen atoms in total. The Bertz CT molecular complexity index is 106. The Hall–Kier alpha value is -0.120. The summed E-state index contributed by atoms with van der Waals surface area (Å²) in [6, 6.07) is 0.332. The van der Waals surface area contributed by atoms with Gasteiger partial charge in [0.15, 0.2) is 0 Å². The van der Waals surface area contributed by atoms with Gasteiger partial charge in [-0.2, -0.15) is 0 Å². The zero-order valence-electron chi connectivity index (χ0n) is 6.45. The SMILES string of the molecule is C[C@H](O)CN1CC[C@@H](N)C1. The zero-order valence-corrected chi connectivity index (χ0v) is 6.45. The summed E-state index contributed by atoms with van der Waals surface area (Å²) in [5.74, 6) is 0. The predicted molar refractivity (Wildman–Crippen MR) is 40.7 cm³/mol. The van der Waals surface area contributed by atoms with E-state index in [1.54, 1.807) is 0 Å². The van der Waals surface area contributed by atoms with Gasteiger partial charge in [-0.3, -0.25) is 4.90 Å². The molecule has 1 fully saturated rings. The molecule has 0 aliphatic carbocycles. The molecule has 1 saturated heterocycles. The van der Waals surface area contributed by atoms with Crippen molar-refractivity contribution in [1.82, 2.24) is 4.90 Å². The minimum atomic E-state index is -0.217. The van der Waals surface area contributed by atoms with Crippen LogP contribution in [-0.2, 0) is 0 Å². The topological polar surface area (TPSA) is 49.5 Å². The van der Waals surface area contributed by atoms with Crippen LogP contribution in [0.2, 0.25) is 0 Å². The van der Waals surface area contributed by atoms with Gasteiger partial charge in [-0.1, -0.05) is 0 Å². The summed E-state index contributed by atoms with van der Waals surface area (Å²) < 4.78 is 0. The molecular weight excluding hydrogens is 128 g/mol. The van der Waals surface area contributed by atoms with Crippen molar-refractivity contribution in [3.05, 3.63) is 0 Å². The molecule has 10 heavy (non-hydrogen) atoms. The Balaban J connectivity index is 2.18. The first-order valence-corrected chi connectivity index (χ1v) is 3.84. The molecule has 0 aromatic heterocycles. The van der Waals surface area contributed by atoms with Crippen molar-refractivity contribution in [3.8, 4) is 0 Å². The van der Waals surface area contributed by atoms with Crippen LogP contribution in [0.5, 0.6) is 0 Å². The predicted octanol–water partition coefficient (Wildman–Crippen LogP) is -0.600. The highest BCUT2D eigenvalue weighted by atomic mass is 16.3. The molecule has 3 N–H and O–H groups in total. The monoisotopic (exact) mass is 144 g/mol. The lowest BCUT2D eigenvalue weighted by atomic mass is 10.3. The van der Waals surface area contributed by atoms with Gasteiger partial charge in [-0.05, 0) is 19.9 Å². The maximum atomic E-state index is 9.02. The fourth-order valence-electron chi connectivity index (χ4n) is 1.40. The first kappa shape index (κ1) is 7.98. The van der Waals surface area contributed by atoms with Crippen LogP contribution in [-0.4, -0.2) is 41.8 Å². The molecule has 60 valence electrons. The van der Waals surface area contributed by atoms with Crippen LogP contribution in [0.15, 0.2) is 0 Å². The molecule has 0 saturated carbocycles. The van der Waals surface area contributed by atoms with Gasteiger partial charge in [0.25, 0.3) is 0 Å². The highest BCUT2D eigenvalue weighted by Crippen LogP contribution is 2.06. The van der Waals surface area contributed by atoms with E-state index in [2.05, 4.69) is 4.90 Å². The summed E-state index contributed by atoms with van der Waals surface area (Å²) in [7, 11) is 0. The van der Waals surface area contributed by atoms with Gasteiger partial charge in [0.1, 0.15) is 0 Å². The molecule has 1 aliphatic rings. The molecule has 0 spiro atoms. The third-order valence-electron chi connectivity index (χ3n) is 1.83. The van der Waals surface area contributed by atoms with Crippen molar-refractivity contribution < 1.29 is 5.11 Å². The lowest BCUT2D eigenvalue weighted by Gasteiger charge is -2.16. The summed E-state index contributed by atoms with van der Waals surface area (Å²) in [6.07, 6.45) is 0.859. The maximum Gasteiger partial charge on any atom is 0.0639 e. The minimum Gasteiger partial charge on any atom is -0.392 e. The fraction of sp³-hybridized carbons (Fsp3) is 1.00. The Morgan fingerprint density at radius 1 is 1.80 bits per heavy atom. The standard InChI is InChI=1S/C7H16N2O/c1-6(10)4-9-3-2-7(8)5-9/h6-7,10H,2-5,8H2,1H3/t6-,7+/m0/s1. The lowest BCUT2D eigenvalue weighted by Crippen LogP contribution is -2.31. The Kier molecular flexibility index (Phi) is 2.65. The molecule has 1 heterocycles. The number of hydrogen-bond acceptors (Lipinski definition) is 3. The van der Waals surface area contributed by atoms with E-state index < -0.39 is 0 Å². The van der Waals surface area contributed by atoms with E-state index in [1.165, 1.54) is 0 Å². The number of nitrogens with zero attached hydrogens (tertiary/aromatic N) is 1. The second kappa shape index (κ2) is 3.32. The average Bonchev–Trinajstić information content (AvgIpc) is 2.13. The minimum absolute atomic E-state index is 0.217. The molecular formula is C7H16N2O. The number of aliphatic hydroxyl groups excluding tert-OH is 1. The second-order valence-corrected chi connectivity index (χ2v) is 3.16. The van der Waals surface area contributed by atoms with E-state index in [4.69, 9.17) is 10.8 Å². The van der Waals surface area contributed by atoms with E-state index in [9.17, 15) is 0 Å². The normalized spacial score (nSPS) is 30.9. The van der Waals surface area contributed by atoms with Gasteiger partial charge in [-0.25, -0.2) is 0 Å². The van der Waals surface area contributed by atoms with Crippen molar-refractivity contribution in [2.45, 2.75) is 25.5 Å². The van der Waals surface area contributed by atoms with E-state index in [-0.39, 0.29) is 6.10 Å². The first-order valence-electron chi connectivity index (χ1n) is 3.84. The van der Waals surface area contributed by atoms with Gasteiger partial charge in [0.2, 0.25) is 0 Å². The summed E-state index contributed by atoms with van der Waals surface area (Å²) in [6.45, 7) is 4.58. The molecule has 2 atom stereocenters. The number of hydrogen-bond donors (Lipinski definition) is 2. The van der Waals surface area contributed by atoms with Crippen LogP contribution < -0.4 is 5.73 Å². The van der Waals surface area contributed by atoms with Crippen LogP contribution >= 0.6 is 0 Å². The molecule has 1 aliphatic heterocycles. The highest BCUT2D eigenvalue weighted by Gasteiger charge is 2.19. The Labute approximate surface area is 61.8 Å². The van der Waals surface area contributed by atoms with E-state index in [0.29, 0.717) is 6.04 Å². The molecule has 0 unspecified atom stereocenters. The molecule has 0 amide bonds. The van der Waals surface area contributed by atoms with Crippen LogP contribution in [0.25, 0.3) is 0 Å². The molecule has 0 radical (unpaired) electrons. The fourth-order valence-corrected chi connectivity index (χ4v) is 1.40. The quantitative estimate of drug-likeness (QED) is 0.544. The largest absolute Gasteiger partial charge is 0.392 e. The highest BCUT2D eigenvalue weighted by molar-refractivity contribution is 4.78. The van der Waals surface area contributed by atoms with Crippen LogP contribution in [0.1, 0.15) is 13.3 Å². The van der Waals surface area contributed by atoms with Gasteiger partial charge < -0.3 is 10.8 Å². The third-order valence-corrected chi connectivity index (χ3v) is 1.83. The van der Waals surface area contributed by atoms with Crippen molar-refractivity contribution in [2.24, 2.45) is 5.73 Å². The molecule has 0 bridgehead atoms. The molecule has 1 rings (SSSR count). The number of likely N-dealkylation sites (tertiary alicyclic amines) is 1. The molecule has 3 heteroatoms. The van der Waals surface area contributed by atoms with Crippen molar-refractivity contribution in [2.75, 3.05) is 19.6 Å². The third kappa shape index (κ3) is 2.25. The lowest BCUT2D eigenvalue weighted by molar-refractivity contribution is 0.140. The Morgan fingerprint density at radius 2 is 2.50 bits per heavy atom. The summed E-state index contributed by atoms with van der Waals surface area (Å²) in [5.41, 5.74) is 5.68. The number of aliphatic hydroxyl groups is 1. The molecule has 0 aromatic rings. The average molecular weight is 144 g/mol. The van der Waals surface area contributed by atoms with Gasteiger partial charge in [-0.15, -0.1) is 0 Å². The van der Waals surface area contributed by atoms with Gasteiger partial charge in [0.05, 0.1) is 6.10 Å². The first-order chi connectivity index (χ1) is 4.68. The van der Waals surface area contributed by atoms with Crippen molar-refractivity contribution >= 4 is 0 Å². The van der Waals surface area contributed by atoms with Crippen LogP contribution in [0.3, 0.4) is 0 Å². The summed E-state index contributed by atoms with van der Waals surface area (Å²) >= 11 is 0. The van der Waals surface area contributed by atoms with Gasteiger partial charge >= 0.3 is 0 Å². The Morgan fingerprint density at radius 3 is 2.90 bits per heavy atom. The van der Waals surface area contributed by atoms with Crippen molar-refractivity contribution in [1.29, 1.82) is 0 Å². The number of nitrogens with two attached hydrogens (primary N) is 1. The maximum absolute atomic E-state index is 9.02. The number of rotatable bonds is 2. The van der Waals surface area contributed by atoms with Crippen LogP contribution in [0.4, 0.5) is 0 Å². The number of β-amino-alcohol motifs (C(OH)–C–C–N with tert-alkyl or cyclic N) is 1.